The molecule has 28 heavy (non-hydrogen) atoms. The van der Waals surface area contributed by atoms with Crippen molar-refractivity contribution in [1.82, 2.24) is 0 Å². The van der Waals surface area contributed by atoms with Gasteiger partial charge in [0.15, 0.2) is 11.4 Å². The summed E-state index contributed by atoms with van der Waals surface area (Å²) in [7, 11) is -2.49. The summed E-state index contributed by atoms with van der Waals surface area (Å²) in [5.74, 6) is -0.803. The quantitative estimate of drug-likeness (QED) is 0.395. The number of hydrogen-bond acceptors (Lipinski definition) is 7. The Bertz CT molecular complexity index is 966. The average molecular weight is 448 g/mol. The van der Waals surface area contributed by atoms with Crippen LogP contribution in [0, 0.1) is 6.92 Å². The highest BCUT2D eigenvalue weighted by molar-refractivity contribution is 7.86. The smallest absolute Gasteiger partial charge is 0.343 e. The van der Waals surface area contributed by atoms with Gasteiger partial charge in [0.25, 0.3) is 0 Å². The van der Waals surface area contributed by atoms with Gasteiger partial charge in [0.05, 0.1) is 22.0 Å². The molecule has 152 valence electrons. The van der Waals surface area contributed by atoms with Crippen molar-refractivity contribution in [2.75, 3.05) is 13.4 Å². The van der Waals surface area contributed by atoms with Crippen molar-refractivity contribution in [3.63, 3.8) is 0 Å². The lowest BCUT2D eigenvalue weighted by atomic mass is 9.81. The third-order valence-electron chi connectivity index (χ3n) is 4.66. The van der Waals surface area contributed by atoms with Crippen LogP contribution in [-0.4, -0.2) is 39.1 Å². The van der Waals surface area contributed by atoms with Crippen LogP contribution in [0.25, 0.3) is 5.57 Å². The number of rotatable bonds is 4. The Morgan fingerprint density at radius 3 is 2.25 bits per heavy atom. The Morgan fingerprint density at radius 2 is 1.75 bits per heavy atom. The molecule has 1 aromatic carbocycles. The molecule has 1 aliphatic carbocycles. The number of carbonyl (C=O) groups is 1. The van der Waals surface area contributed by atoms with E-state index in [2.05, 4.69) is 5.16 Å². The third-order valence-corrected chi connectivity index (χ3v) is 5.73. The molecule has 1 heterocycles. The lowest BCUT2D eigenvalue weighted by molar-refractivity contribution is -0.148. The normalized spacial score (nSPS) is 22.5. The van der Waals surface area contributed by atoms with Crippen LogP contribution in [0.1, 0.15) is 36.8 Å². The van der Waals surface area contributed by atoms with Crippen molar-refractivity contribution in [1.29, 1.82) is 0 Å². The van der Waals surface area contributed by atoms with Crippen LogP contribution in [0.4, 0.5) is 0 Å². The minimum absolute atomic E-state index is 0.0624. The lowest BCUT2D eigenvalue weighted by Gasteiger charge is -2.33. The van der Waals surface area contributed by atoms with Crippen LogP contribution in [0.5, 0.6) is 0 Å². The van der Waals surface area contributed by atoms with Gasteiger partial charge < -0.3 is 13.8 Å². The van der Waals surface area contributed by atoms with Crippen molar-refractivity contribution in [3.05, 3.63) is 39.1 Å². The minimum atomic E-state index is -3.94. The number of hydrogen-bond donors (Lipinski definition) is 0. The van der Waals surface area contributed by atoms with Crippen molar-refractivity contribution in [2.24, 2.45) is 5.16 Å². The second-order valence-corrected chi connectivity index (χ2v) is 9.21. The molecule has 1 saturated carbocycles. The van der Waals surface area contributed by atoms with Crippen molar-refractivity contribution in [2.45, 2.75) is 38.2 Å². The maximum Gasteiger partial charge on any atom is 0.343 e. The molecule has 0 unspecified atom stereocenters. The van der Waals surface area contributed by atoms with Gasteiger partial charge in [-0.25, -0.2) is 4.79 Å². The summed E-state index contributed by atoms with van der Waals surface area (Å²) in [5.41, 5.74) is 0.505. The Labute approximate surface area is 173 Å². The Balaban J connectivity index is 2.18. The molecule has 3 rings (SSSR count). The summed E-state index contributed by atoms with van der Waals surface area (Å²) in [6, 6.07) is 3.27. The molecule has 1 aliphatic heterocycles. The Hall–Kier alpha value is -1.77. The lowest BCUT2D eigenvalue weighted by Crippen LogP contribution is -2.38. The molecule has 0 radical (unpaired) electrons. The van der Waals surface area contributed by atoms with E-state index >= 15 is 0 Å². The fraction of sp³-hybridized carbons (Fsp3) is 0.444. The first-order chi connectivity index (χ1) is 13.1. The van der Waals surface area contributed by atoms with Crippen LogP contribution in [0.3, 0.4) is 0 Å². The van der Waals surface area contributed by atoms with Crippen molar-refractivity contribution >= 4 is 50.6 Å². The van der Waals surface area contributed by atoms with E-state index in [4.69, 9.17) is 37.0 Å². The second kappa shape index (κ2) is 7.57. The number of aryl methyl sites for hydroxylation is 1. The number of nitrogens with zero attached hydrogens (tertiary/aromatic N) is 1. The molecule has 0 bridgehead atoms. The van der Waals surface area contributed by atoms with E-state index in [1.54, 1.807) is 19.1 Å². The van der Waals surface area contributed by atoms with Gasteiger partial charge in [-0.3, -0.25) is 0 Å². The van der Waals surface area contributed by atoms with Gasteiger partial charge in [-0.2, -0.15) is 8.42 Å². The zero-order valence-corrected chi connectivity index (χ0v) is 17.9. The first kappa shape index (κ1) is 21.0. The van der Waals surface area contributed by atoms with Gasteiger partial charge in [0.2, 0.25) is 0 Å². The van der Waals surface area contributed by atoms with Gasteiger partial charge in [-0.05, 0) is 37.5 Å². The van der Waals surface area contributed by atoms with E-state index < -0.39 is 21.7 Å². The minimum Gasteiger partial charge on any atom is -0.447 e. The van der Waals surface area contributed by atoms with Crippen LogP contribution >= 0.6 is 23.2 Å². The summed E-state index contributed by atoms with van der Waals surface area (Å²) in [6.07, 6.45) is 2.43. The molecular weight excluding hydrogens is 429 g/mol. The number of halogens is 2. The van der Waals surface area contributed by atoms with Crippen LogP contribution < -0.4 is 0 Å². The molecule has 7 nitrogen and oxygen atoms in total. The highest BCUT2D eigenvalue weighted by Crippen LogP contribution is 2.49. The molecular formula is C18H19Cl2NO6S. The highest BCUT2D eigenvalue weighted by atomic mass is 35.5. The van der Waals surface area contributed by atoms with E-state index in [0.29, 0.717) is 25.7 Å². The highest BCUT2D eigenvalue weighted by Gasteiger charge is 2.53. The summed E-state index contributed by atoms with van der Waals surface area (Å²) in [6.45, 7) is 1.80. The second-order valence-electron chi connectivity index (χ2n) is 6.82. The summed E-state index contributed by atoms with van der Waals surface area (Å²) in [4.78, 5) is 17.6. The van der Waals surface area contributed by atoms with E-state index in [1.165, 1.54) is 7.11 Å². The fourth-order valence-corrected chi connectivity index (χ4v) is 4.83. The molecule has 1 spiro atoms. The first-order valence-corrected chi connectivity index (χ1v) is 11.1. The van der Waals surface area contributed by atoms with Gasteiger partial charge in [0.1, 0.15) is 12.7 Å². The number of carbonyl (C=O) groups excluding carboxylic acids is 1. The maximum absolute atomic E-state index is 12.8. The number of oxime groups is 1. The van der Waals surface area contributed by atoms with Crippen LogP contribution in [-0.2, 0) is 28.7 Å². The molecule has 1 fully saturated rings. The zero-order valence-electron chi connectivity index (χ0n) is 15.5. The zero-order chi connectivity index (χ0) is 20.7. The topological polar surface area (TPSA) is 91.3 Å². The SMILES string of the molecule is CON=C1CCC2(CC1)OC(=O)C(c1c(Cl)cc(C)cc1Cl)=C2OS(C)(=O)=O. The fourth-order valence-electron chi connectivity index (χ4n) is 3.51. The molecule has 0 N–H and O–H groups in total. The maximum atomic E-state index is 12.8. The molecule has 2 aliphatic rings. The molecule has 0 amide bonds. The predicted octanol–water partition coefficient (Wildman–Crippen LogP) is 3.86. The van der Waals surface area contributed by atoms with Crippen molar-refractivity contribution in [3.8, 4) is 0 Å². The standard InChI is InChI=1S/C18H19Cl2NO6S/c1-10-8-12(19)14(13(20)9-10)15-16(27-28(3,23)24)18(26-17(15)22)6-4-11(5-7-18)21-25-2/h8-9H,4-7H2,1-3H3. The molecule has 0 aromatic heterocycles. The van der Waals surface area contributed by atoms with Crippen LogP contribution in [0.2, 0.25) is 10.0 Å². The van der Waals surface area contributed by atoms with Gasteiger partial charge in [-0.1, -0.05) is 28.4 Å². The van der Waals surface area contributed by atoms with Gasteiger partial charge in [0, 0.05) is 18.4 Å². The molecule has 0 saturated heterocycles. The first-order valence-electron chi connectivity index (χ1n) is 8.49. The van der Waals surface area contributed by atoms with E-state index in [0.717, 1.165) is 17.5 Å². The van der Waals surface area contributed by atoms with Gasteiger partial charge in [-0.15, -0.1) is 0 Å². The van der Waals surface area contributed by atoms with Gasteiger partial charge >= 0.3 is 16.1 Å². The molecule has 0 atom stereocenters. The summed E-state index contributed by atoms with van der Waals surface area (Å²) < 4.78 is 34.9. The number of benzene rings is 1. The Kier molecular flexibility index (Phi) is 5.67. The average Bonchev–Trinajstić information content (AvgIpc) is 2.80. The number of ether oxygens (including phenoxy) is 1. The summed E-state index contributed by atoms with van der Waals surface area (Å²) in [5, 5.41) is 4.35. The molecule has 10 heteroatoms. The largest absolute Gasteiger partial charge is 0.447 e. The van der Waals surface area contributed by atoms with Crippen LogP contribution in [0.15, 0.2) is 23.0 Å². The van der Waals surface area contributed by atoms with E-state index in [9.17, 15) is 13.2 Å². The van der Waals surface area contributed by atoms with E-state index in [-0.39, 0.29) is 26.9 Å². The Morgan fingerprint density at radius 1 is 1.18 bits per heavy atom. The monoisotopic (exact) mass is 447 g/mol. The van der Waals surface area contributed by atoms with E-state index in [1.807, 2.05) is 0 Å². The predicted molar refractivity (Wildman–Crippen MR) is 106 cm³/mol. The third kappa shape index (κ3) is 3.99. The molecule has 1 aromatic rings. The van der Waals surface area contributed by atoms with Crippen molar-refractivity contribution < 1.29 is 27.0 Å². The number of esters is 1. The summed E-state index contributed by atoms with van der Waals surface area (Å²) >= 11 is 12.7.